The first-order chi connectivity index (χ1) is 17.1. The summed E-state index contributed by atoms with van der Waals surface area (Å²) in [6.07, 6.45) is 7.39. The molecule has 0 bridgehead atoms. The molecule has 1 atom stereocenters. The van der Waals surface area contributed by atoms with E-state index in [4.69, 9.17) is 14.7 Å². The average Bonchev–Trinajstić information content (AvgIpc) is 2.86. The molecule has 10 nitrogen and oxygen atoms in total. The van der Waals surface area contributed by atoms with Gasteiger partial charge in [-0.1, -0.05) is 6.08 Å². The molecule has 0 aromatic carbocycles. The molecule has 1 aromatic rings. The second-order valence-electron chi connectivity index (χ2n) is 10.4. The fraction of sp³-hybridized carbons (Fsp3) is 0.615. The van der Waals surface area contributed by atoms with Crippen LogP contribution in [0.1, 0.15) is 58.4 Å². The van der Waals surface area contributed by atoms with Crippen molar-refractivity contribution in [3.63, 3.8) is 0 Å². The molecule has 3 N–H and O–H groups in total. The van der Waals surface area contributed by atoms with Crippen molar-refractivity contribution in [2.75, 3.05) is 32.8 Å². The summed E-state index contributed by atoms with van der Waals surface area (Å²) < 4.78 is 11.4. The molecule has 1 aliphatic heterocycles. The number of rotatable bonds is 9. The van der Waals surface area contributed by atoms with Crippen LogP contribution in [0.15, 0.2) is 24.4 Å². The second kappa shape index (κ2) is 12.8. The van der Waals surface area contributed by atoms with Crippen LogP contribution in [0.3, 0.4) is 0 Å². The fourth-order valence-corrected chi connectivity index (χ4v) is 4.28. The Morgan fingerprint density at radius 1 is 1.14 bits per heavy atom. The SMILES string of the molecule is CC(C)(C)OC(=O)N1CCC(COc2ccc(C3=CCC(C(=O)NCC(=O)CNO)CC3)cn2)CC1. The van der Waals surface area contributed by atoms with E-state index in [1.54, 1.807) is 16.6 Å². The third kappa shape index (κ3) is 8.60. The number of hydrogen-bond acceptors (Lipinski definition) is 8. The van der Waals surface area contributed by atoms with Crippen molar-refractivity contribution < 1.29 is 29.1 Å². The molecule has 1 aromatic heterocycles. The van der Waals surface area contributed by atoms with Gasteiger partial charge >= 0.3 is 6.09 Å². The van der Waals surface area contributed by atoms with Crippen LogP contribution in [0, 0.1) is 11.8 Å². The maximum atomic E-state index is 12.3. The Morgan fingerprint density at radius 2 is 1.89 bits per heavy atom. The highest BCUT2D eigenvalue weighted by molar-refractivity contribution is 5.88. The lowest BCUT2D eigenvalue weighted by atomic mass is 9.86. The van der Waals surface area contributed by atoms with Gasteiger partial charge in [-0.3, -0.25) is 9.59 Å². The summed E-state index contributed by atoms with van der Waals surface area (Å²) in [7, 11) is 0. The molecule has 10 heteroatoms. The number of hydrogen-bond donors (Lipinski definition) is 3. The van der Waals surface area contributed by atoms with Crippen molar-refractivity contribution in [2.24, 2.45) is 11.8 Å². The van der Waals surface area contributed by atoms with Gasteiger partial charge in [-0.05, 0) is 76.0 Å². The minimum absolute atomic E-state index is 0.0896. The van der Waals surface area contributed by atoms with Crippen LogP contribution in [-0.4, -0.2) is 71.3 Å². The molecule has 1 aliphatic carbocycles. The van der Waals surface area contributed by atoms with Gasteiger partial charge in [0.1, 0.15) is 5.60 Å². The maximum Gasteiger partial charge on any atom is 0.410 e. The van der Waals surface area contributed by atoms with Crippen molar-refractivity contribution in [3.8, 4) is 5.88 Å². The predicted molar refractivity (Wildman–Crippen MR) is 133 cm³/mol. The van der Waals surface area contributed by atoms with E-state index in [1.165, 1.54) is 0 Å². The summed E-state index contributed by atoms with van der Waals surface area (Å²) in [5, 5.41) is 11.2. The summed E-state index contributed by atoms with van der Waals surface area (Å²) in [4.78, 5) is 42.1. The van der Waals surface area contributed by atoms with Gasteiger partial charge in [0.05, 0.1) is 19.7 Å². The van der Waals surface area contributed by atoms with Crippen molar-refractivity contribution in [3.05, 3.63) is 30.0 Å². The predicted octanol–water partition coefficient (Wildman–Crippen LogP) is 2.96. The van der Waals surface area contributed by atoms with Gasteiger partial charge in [0.2, 0.25) is 11.8 Å². The number of Topliss-reactive ketones (excluding diaryl/α,β-unsaturated/α-hetero) is 1. The quantitative estimate of drug-likeness (QED) is 0.440. The van der Waals surface area contributed by atoms with Crippen LogP contribution >= 0.6 is 0 Å². The number of carbonyl (C=O) groups is 3. The number of amides is 2. The number of ether oxygens (including phenoxy) is 2. The van der Waals surface area contributed by atoms with Gasteiger partial charge in [0.15, 0.2) is 5.78 Å². The molecule has 0 saturated carbocycles. The number of piperidine rings is 1. The standard InChI is InChI=1S/C26H38N4O6/c1-26(2,3)36-25(33)30-12-10-18(11-13-30)17-35-23-9-8-21(14-27-23)19-4-6-20(7-5-19)24(32)28-15-22(31)16-29-34/h4,8-9,14,18,20,29,34H,5-7,10-13,15-17H2,1-3H3,(H,28,32). The third-order valence-electron chi connectivity index (χ3n) is 6.36. The largest absolute Gasteiger partial charge is 0.477 e. The summed E-state index contributed by atoms with van der Waals surface area (Å²) >= 11 is 0. The Morgan fingerprint density at radius 3 is 2.47 bits per heavy atom. The molecule has 36 heavy (non-hydrogen) atoms. The molecule has 3 rings (SSSR count). The van der Waals surface area contributed by atoms with Crippen LogP contribution in [0.25, 0.3) is 5.57 Å². The monoisotopic (exact) mass is 502 g/mol. The Labute approximate surface area is 212 Å². The minimum atomic E-state index is -0.487. The Balaban J connectivity index is 1.40. The fourth-order valence-electron chi connectivity index (χ4n) is 4.28. The van der Waals surface area contributed by atoms with Crippen molar-refractivity contribution in [1.29, 1.82) is 0 Å². The molecule has 2 amide bonds. The van der Waals surface area contributed by atoms with E-state index in [0.29, 0.717) is 44.3 Å². The number of carbonyl (C=O) groups excluding carboxylic acids is 3. The molecule has 1 fully saturated rings. The van der Waals surface area contributed by atoms with E-state index in [9.17, 15) is 14.4 Å². The van der Waals surface area contributed by atoms with Gasteiger partial charge in [-0.2, -0.15) is 5.48 Å². The zero-order chi connectivity index (χ0) is 26.1. The Bertz CT molecular complexity index is 933. The summed E-state index contributed by atoms with van der Waals surface area (Å²) in [6.45, 7) is 7.23. The first kappa shape index (κ1) is 27.6. The Hall–Kier alpha value is -2.98. The highest BCUT2D eigenvalue weighted by atomic mass is 16.6. The summed E-state index contributed by atoms with van der Waals surface area (Å²) in [6, 6.07) is 3.85. The van der Waals surface area contributed by atoms with Crippen LogP contribution in [0.4, 0.5) is 4.79 Å². The van der Waals surface area contributed by atoms with Crippen molar-refractivity contribution >= 4 is 23.4 Å². The van der Waals surface area contributed by atoms with Crippen molar-refractivity contribution in [2.45, 2.75) is 58.5 Å². The lowest BCUT2D eigenvalue weighted by Gasteiger charge is -2.33. The summed E-state index contributed by atoms with van der Waals surface area (Å²) in [5.74, 6) is 0.349. The molecular weight excluding hydrogens is 464 g/mol. The summed E-state index contributed by atoms with van der Waals surface area (Å²) in [5.41, 5.74) is 3.46. The highest BCUT2D eigenvalue weighted by Crippen LogP contribution is 2.30. The van der Waals surface area contributed by atoms with Gasteiger partial charge in [-0.15, -0.1) is 0 Å². The van der Waals surface area contributed by atoms with Gasteiger partial charge < -0.3 is 24.9 Å². The number of allylic oxidation sites excluding steroid dienone is 2. The van der Waals surface area contributed by atoms with E-state index in [0.717, 1.165) is 30.4 Å². The lowest BCUT2D eigenvalue weighted by Crippen LogP contribution is -2.42. The molecule has 2 heterocycles. The van der Waals surface area contributed by atoms with Crippen LogP contribution in [-0.2, 0) is 14.3 Å². The highest BCUT2D eigenvalue weighted by Gasteiger charge is 2.27. The number of likely N-dealkylation sites (tertiary alicyclic amines) is 1. The lowest BCUT2D eigenvalue weighted by molar-refractivity contribution is -0.128. The molecule has 1 unspecified atom stereocenters. The van der Waals surface area contributed by atoms with E-state index in [1.807, 2.05) is 32.9 Å². The number of nitrogens with zero attached hydrogens (tertiary/aromatic N) is 2. The zero-order valence-corrected chi connectivity index (χ0v) is 21.4. The smallest absolute Gasteiger partial charge is 0.410 e. The number of pyridine rings is 1. The number of ketones is 1. The molecule has 0 spiro atoms. The van der Waals surface area contributed by atoms with Gasteiger partial charge in [-0.25, -0.2) is 9.78 Å². The van der Waals surface area contributed by atoms with Gasteiger partial charge in [0.25, 0.3) is 0 Å². The van der Waals surface area contributed by atoms with Crippen LogP contribution in [0.5, 0.6) is 5.88 Å². The third-order valence-corrected chi connectivity index (χ3v) is 6.36. The van der Waals surface area contributed by atoms with Crippen molar-refractivity contribution in [1.82, 2.24) is 20.7 Å². The first-order valence-electron chi connectivity index (χ1n) is 12.6. The van der Waals surface area contributed by atoms with E-state index in [-0.39, 0.29) is 36.8 Å². The second-order valence-corrected chi connectivity index (χ2v) is 10.4. The average molecular weight is 503 g/mol. The van der Waals surface area contributed by atoms with E-state index in [2.05, 4.69) is 16.4 Å². The van der Waals surface area contributed by atoms with Gasteiger partial charge in [0, 0.05) is 31.3 Å². The molecule has 198 valence electrons. The maximum absolute atomic E-state index is 12.3. The molecule has 2 aliphatic rings. The van der Waals surface area contributed by atoms with Crippen LogP contribution in [0.2, 0.25) is 0 Å². The number of nitrogens with one attached hydrogen (secondary N) is 2. The topological polar surface area (TPSA) is 130 Å². The number of aromatic nitrogens is 1. The molecular formula is C26H38N4O6. The normalized spacial score (nSPS) is 18.8. The zero-order valence-electron chi connectivity index (χ0n) is 21.4. The van der Waals surface area contributed by atoms with E-state index >= 15 is 0 Å². The number of hydroxylamine groups is 1. The minimum Gasteiger partial charge on any atom is -0.477 e. The Kier molecular flexibility index (Phi) is 9.83. The molecule has 1 saturated heterocycles. The molecule has 0 radical (unpaired) electrons. The van der Waals surface area contributed by atoms with Crippen LogP contribution < -0.4 is 15.5 Å². The van der Waals surface area contributed by atoms with E-state index < -0.39 is 5.60 Å². The first-order valence-corrected chi connectivity index (χ1v) is 12.6.